The number of hydrogen-bond donors (Lipinski definition) is 2. The molecule has 4 heteroatoms. The van der Waals surface area contributed by atoms with Crippen molar-refractivity contribution in [2.24, 2.45) is 0 Å². The monoisotopic (exact) mass is 241 g/mol. The standard InChI is InChI=1S/C12H19NO2S/c14-11(12-4-2-8-16-12)9-13-6-5-10-3-1-7-15-10/h2,4,8,10-11,13-14H,1,3,5-7,9H2. The van der Waals surface area contributed by atoms with Gasteiger partial charge in [0.2, 0.25) is 0 Å². The number of rotatable bonds is 6. The van der Waals surface area contributed by atoms with E-state index in [1.165, 1.54) is 12.8 Å². The zero-order valence-corrected chi connectivity index (χ0v) is 10.2. The second-order valence-corrected chi connectivity index (χ2v) is 5.14. The van der Waals surface area contributed by atoms with Crippen LogP contribution in [0.3, 0.4) is 0 Å². The molecule has 0 radical (unpaired) electrons. The molecule has 16 heavy (non-hydrogen) atoms. The van der Waals surface area contributed by atoms with E-state index in [9.17, 15) is 5.11 Å². The van der Waals surface area contributed by atoms with Crippen LogP contribution in [-0.2, 0) is 4.74 Å². The fourth-order valence-corrected chi connectivity index (χ4v) is 2.67. The summed E-state index contributed by atoms with van der Waals surface area (Å²) in [5, 5.41) is 15.1. The van der Waals surface area contributed by atoms with Crippen molar-refractivity contribution in [3.63, 3.8) is 0 Å². The summed E-state index contributed by atoms with van der Waals surface area (Å²) < 4.78 is 5.53. The first-order valence-corrected chi connectivity index (χ1v) is 6.78. The Balaban J connectivity index is 1.57. The molecule has 3 nitrogen and oxygen atoms in total. The Hall–Kier alpha value is -0.420. The van der Waals surface area contributed by atoms with Gasteiger partial charge in [0.15, 0.2) is 0 Å². The van der Waals surface area contributed by atoms with Gasteiger partial charge in [-0.25, -0.2) is 0 Å². The van der Waals surface area contributed by atoms with Crippen LogP contribution < -0.4 is 5.32 Å². The van der Waals surface area contributed by atoms with E-state index in [1.54, 1.807) is 11.3 Å². The minimum absolute atomic E-state index is 0.371. The molecule has 0 spiro atoms. The fourth-order valence-electron chi connectivity index (χ4n) is 1.96. The highest BCUT2D eigenvalue weighted by Gasteiger charge is 2.15. The van der Waals surface area contributed by atoms with Crippen molar-refractivity contribution in [1.29, 1.82) is 0 Å². The minimum Gasteiger partial charge on any atom is -0.386 e. The number of nitrogens with one attached hydrogen (secondary N) is 1. The van der Waals surface area contributed by atoms with Crippen LogP contribution in [0.2, 0.25) is 0 Å². The van der Waals surface area contributed by atoms with Gasteiger partial charge in [0.25, 0.3) is 0 Å². The molecule has 0 amide bonds. The molecule has 0 aliphatic carbocycles. The second kappa shape index (κ2) is 6.35. The van der Waals surface area contributed by atoms with E-state index in [1.807, 2.05) is 17.5 Å². The summed E-state index contributed by atoms with van der Waals surface area (Å²) in [6.45, 7) is 2.48. The Morgan fingerprint density at radius 3 is 3.25 bits per heavy atom. The third-order valence-corrected chi connectivity index (χ3v) is 3.85. The average molecular weight is 241 g/mol. The van der Waals surface area contributed by atoms with Crippen molar-refractivity contribution in [1.82, 2.24) is 5.32 Å². The first-order valence-electron chi connectivity index (χ1n) is 5.90. The van der Waals surface area contributed by atoms with Crippen molar-refractivity contribution in [2.45, 2.75) is 31.5 Å². The molecule has 2 rings (SSSR count). The SMILES string of the molecule is OC(CNCCC1CCCO1)c1cccs1. The van der Waals surface area contributed by atoms with Crippen molar-refractivity contribution in [3.8, 4) is 0 Å². The summed E-state index contributed by atoms with van der Waals surface area (Å²) in [5.41, 5.74) is 0. The van der Waals surface area contributed by atoms with Crippen LogP contribution in [0.5, 0.6) is 0 Å². The van der Waals surface area contributed by atoms with E-state index in [2.05, 4.69) is 5.32 Å². The molecule has 1 aliphatic rings. The van der Waals surface area contributed by atoms with E-state index in [0.717, 1.165) is 24.4 Å². The predicted octanol–water partition coefficient (Wildman–Crippen LogP) is 1.94. The van der Waals surface area contributed by atoms with Crippen LogP contribution in [0, 0.1) is 0 Å². The first-order chi connectivity index (χ1) is 7.86. The minimum atomic E-state index is -0.371. The van der Waals surface area contributed by atoms with Crippen molar-refractivity contribution < 1.29 is 9.84 Å². The molecule has 0 saturated carbocycles. The van der Waals surface area contributed by atoms with Crippen LogP contribution in [0.15, 0.2) is 17.5 Å². The summed E-state index contributed by atoms with van der Waals surface area (Å²) in [4.78, 5) is 1.03. The summed E-state index contributed by atoms with van der Waals surface area (Å²) in [6.07, 6.45) is 3.50. The number of ether oxygens (including phenoxy) is 1. The van der Waals surface area contributed by atoms with Gasteiger partial charge in [-0.3, -0.25) is 0 Å². The van der Waals surface area contributed by atoms with Crippen LogP contribution in [0.1, 0.15) is 30.2 Å². The second-order valence-electron chi connectivity index (χ2n) is 4.16. The molecular formula is C12H19NO2S. The van der Waals surface area contributed by atoms with Gasteiger partial charge in [-0.1, -0.05) is 6.07 Å². The predicted molar refractivity (Wildman–Crippen MR) is 65.7 cm³/mol. The maximum atomic E-state index is 9.82. The van der Waals surface area contributed by atoms with Crippen LogP contribution in [-0.4, -0.2) is 30.9 Å². The van der Waals surface area contributed by atoms with Gasteiger partial charge in [-0.15, -0.1) is 11.3 Å². The molecule has 2 unspecified atom stereocenters. The highest BCUT2D eigenvalue weighted by Crippen LogP contribution is 2.18. The molecule has 1 fully saturated rings. The van der Waals surface area contributed by atoms with Gasteiger partial charge in [-0.05, 0) is 37.3 Å². The lowest BCUT2D eigenvalue weighted by molar-refractivity contribution is 0.102. The molecule has 2 heterocycles. The molecule has 0 bridgehead atoms. The Bertz CT molecular complexity index is 283. The maximum Gasteiger partial charge on any atom is 0.101 e. The normalized spacial score (nSPS) is 22.4. The number of thiophene rings is 1. The molecule has 90 valence electrons. The van der Waals surface area contributed by atoms with Gasteiger partial charge in [-0.2, -0.15) is 0 Å². The molecule has 1 aromatic rings. The maximum absolute atomic E-state index is 9.82. The summed E-state index contributed by atoms with van der Waals surface area (Å²) in [6, 6.07) is 3.94. The van der Waals surface area contributed by atoms with Gasteiger partial charge in [0, 0.05) is 18.0 Å². The Morgan fingerprint density at radius 2 is 2.56 bits per heavy atom. The number of aliphatic hydroxyl groups excluding tert-OH is 1. The van der Waals surface area contributed by atoms with Crippen LogP contribution in [0.4, 0.5) is 0 Å². The molecule has 1 aliphatic heterocycles. The molecule has 0 aromatic carbocycles. The topological polar surface area (TPSA) is 41.5 Å². The summed E-state index contributed by atoms with van der Waals surface area (Å²) in [5.74, 6) is 0. The van der Waals surface area contributed by atoms with Crippen molar-refractivity contribution >= 4 is 11.3 Å². The van der Waals surface area contributed by atoms with Gasteiger partial charge in [0.1, 0.15) is 6.10 Å². The Labute approximate surface area is 100 Å². The lowest BCUT2D eigenvalue weighted by Crippen LogP contribution is -2.24. The van der Waals surface area contributed by atoms with Gasteiger partial charge in [0.05, 0.1) is 6.10 Å². The van der Waals surface area contributed by atoms with E-state index < -0.39 is 0 Å². The molecule has 2 atom stereocenters. The lowest BCUT2D eigenvalue weighted by Gasteiger charge is -2.12. The lowest BCUT2D eigenvalue weighted by atomic mass is 10.2. The first kappa shape index (κ1) is 12.0. The smallest absolute Gasteiger partial charge is 0.101 e. The van der Waals surface area contributed by atoms with E-state index in [-0.39, 0.29) is 6.10 Å². The average Bonchev–Trinajstić information content (AvgIpc) is 2.96. The highest BCUT2D eigenvalue weighted by atomic mass is 32.1. The van der Waals surface area contributed by atoms with Gasteiger partial charge >= 0.3 is 0 Å². The quantitative estimate of drug-likeness (QED) is 0.748. The Morgan fingerprint density at radius 1 is 1.62 bits per heavy atom. The van der Waals surface area contributed by atoms with Gasteiger partial charge < -0.3 is 15.2 Å². The molecule has 2 N–H and O–H groups in total. The van der Waals surface area contributed by atoms with E-state index >= 15 is 0 Å². The third kappa shape index (κ3) is 3.56. The van der Waals surface area contributed by atoms with Crippen molar-refractivity contribution in [2.75, 3.05) is 19.7 Å². The third-order valence-electron chi connectivity index (χ3n) is 2.88. The molecule has 1 saturated heterocycles. The van der Waals surface area contributed by atoms with E-state index in [0.29, 0.717) is 12.6 Å². The summed E-state index contributed by atoms with van der Waals surface area (Å²) >= 11 is 1.60. The summed E-state index contributed by atoms with van der Waals surface area (Å²) in [7, 11) is 0. The van der Waals surface area contributed by atoms with E-state index in [4.69, 9.17) is 4.74 Å². The van der Waals surface area contributed by atoms with Crippen molar-refractivity contribution in [3.05, 3.63) is 22.4 Å². The molecular weight excluding hydrogens is 222 g/mol. The Kier molecular flexibility index (Phi) is 4.78. The highest BCUT2D eigenvalue weighted by molar-refractivity contribution is 7.10. The van der Waals surface area contributed by atoms with Crippen LogP contribution >= 0.6 is 11.3 Å². The zero-order valence-electron chi connectivity index (χ0n) is 9.39. The zero-order chi connectivity index (χ0) is 11.2. The molecule has 1 aromatic heterocycles. The largest absolute Gasteiger partial charge is 0.386 e. The number of aliphatic hydroxyl groups is 1. The number of hydrogen-bond acceptors (Lipinski definition) is 4. The fraction of sp³-hybridized carbons (Fsp3) is 0.667. The van der Waals surface area contributed by atoms with Crippen LogP contribution in [0.25, 0.3) is 0 Å².